The quantitative estimate of drug-likeness (QED) is 0.698. The molecule has 0 amide bonds. The number of nitrogens with one attached hydrogen (secondary N) is 1. The van der Waals surface area contributed by atoms with Gasteiger partial charge in [0.15, 0.2) is 0 Å². The van der Waals surface area contributed by atoms with E-state index in [0.717, 1.165) is 18.0 Å². The molecule has 0 radical (unpaired) electrons. The molecule has 2 fully saturated rings. The summed E-state index contributed by atoms with van der Waals surface area (Å²) in [5.41, 5.74) is 0.637. The fourth-order valence-corrected chi connectivity index (χ4v) is 2.84. The Morgan fingerprint density at radius 1 is 1.13 bits per heavy atom. The minimum atomic E-state index is 0.637. The molecule has 0 aromatic heterocycles. The molecule has 15 heavy (non-hydrogen) atoms. The number of hydrogen-bond donors (Lipinski definition) is 1. The van der Waals surface area contributed by atoms with Crippen LogP contribution < -0.4 is 5.32 Å². The van der Waals surface area contributed by atoms with E-state index in [2.05, 4.69) is 26.1 Å². The van der Waals surface area contributed by atoms with Crippen LogP contribution in [0.1, 0.15) is 65.7 Å². The predicted molar refractivity (Wildman–Crippen MR) is 66.0 cm³/mol. The maximum absolute atomic E-state index is 3.88. The van der Waals surface area contributed by atoms with Crippen molar-refractivity contribution in [2.75, 3.05) is 0 Å². The van der Waals surface area contributed by atoms with Gasteiger partial charge in [-0.15, -0.1) is 0 Å². The zero-order chi connectivity index (χ0) is 10.9. The summed E-state index contributed by atoms with van der Waals surface area (Å²) in [6.45, 7) is 7.24. The molecule has 3 atom stereocenters. The molecule has 0 saturated heterocycles. The maximum Gasteiger partial charge on any atom is 0.00951 e. The number of rotatable bonds is 3. The lowest BCUT2D eigenvalue weighted by molar-refractivity contribution is 0.319. The summed E-state index contributed by atoms with van der Waals surface area (Å²) in [6.07, 6.45) is 9.99. The van der Waals surface area contributed by atoms with Gasteiger partial charge in [0, 0.05) is 12.1 Å². The average Bonchev–Trinajstić information content (AvgIpc) is 2.95. The average molecular weight is 209 g/mol. The molecule has 3 unspecified atom stereocenters. The lowest BCUT2D eigenvalue weighted by Crippen LogP contribution is -2.40. The summed E-state index contributed by atoms with van der Waals surface area (Å²) in [4.78, 5) is 0. The van der Waals surface area contributed by atoms with Crippen LogP contribution in [0.2, 0.25) is 0 Å². The van der Waals surface area contributed by atoms with Crippen molar-refractivity contribution in [3.05, 3.63) is 0 Å². The van der Waals surface area contributed by atoms with E-state index in [0.29, 0.717) is 5.41 Å². The highest BCUT2D eigenvalue weighted by Crippen LogP contribution is 2.48. The third-order valence-electron chi connectivity index (χ3n) is 4.83. The van der Waals surface area contributed by atoms with Crippen molar-refractivity contribution < 1.29 is 0 Å². The van der Waals surface area contributed by atoms with E-state index >= 15 is 0 Å². The molecule has 0 bridgehead atoms. The van der Waals surface area contributed by atoms with Gasteiger partial charge in [-0.2, -0.15) is 0 Å². The second-order valence-corrected chi connectivity index (χ2v) is 6.35. The van der Waals surface area contributed by atoms with E-state index < -0.39 is 0 Å². The lowest BCUT2D eigenvalue weighted by atomic mass is 9.98. The van der Waals surface area contributed by atoms with Crippen molar-refractivity contribution in [1.29, 1.82) is 0 Å². The van der Waals surface area contributed by atoms with Crippen LogP contribution in [0.3, 0.4) is 0 Å². The van der Waals surface area contributed by atoms with Crippen molar-refractivity contribution in [2.45, 2.75) is 77.8 Å². The van der Waals surface area contributed by atoms with Gasteiger partial charge in [-0.25, -0.2) is 0 Å². The highest BCUT2D eigenvalue weighted by molar-refractivity contribution is 4.97. The first-order valence-electron chi connectivity index (χ1n) is 6.86. The summed E-state index contributed by atoms with van der Waals surface area (Å²) in [5.74, 6) is 0.962. The molecule has 0 spiro atoms. The van der Waals surface area contributed by atoms with Gasteiger partial charge in [0.25, 0.3) is 0 Å². The van der Waals surface area contributed by atoms with E-state index in [1.165, 1.54) is 44.9 Å². The van der Waals surface area contributed by atoms with Crippen LogP contribution in [0.25, 0.3) is 0 Å². The van der Waals surface area contributed by atoms with Crippen LogP contribution in [0.15, 0.2) is 0 Å². The molecular weight excluding hydrogens is 182 g/mol. The third kappa shape index (κ3) is 2.96. The van der Waals surface area contributed by atoms with Gasteiger partial charge in [0.1, 0.15) is 0 Å². The normalized spacial score (nSPS) is 37.0. The Bertz CT molecular complexity index is 207. The molecule has 0 aromatic rings. The number of hydrogen-bond acceptors (Lipinski definition) is 1. The molecule has 0 aliphatic heterocycles. The third-order valence-corrected chi connectivity index (χ3v) is 4.83. The van der Waals surface area contributed by atoms with Gasteiger partial charge in [0.05, 0.1) is 0 Å². The van der Waals surface area contributed by atoms with Crippen LogP contribution >= 0.6 is 0 Å². The van der Waals surface area contributed by atoms with Crippen LogP contribution in [0, 0.1) is 11.3 Å². The summed E-state index contributed by atoms with van der Waals surface area (Å²) < 4.78 is 0. The molecule has 2 saturated carbocycles. The minimum absolute atomic E-state index is 0.637. The molecule has 2 aliphatic rings. The fraction of sp³-hybridized carbons (Fsp3) is 1.00. The second kappa shape index (κ2) is 4.45. The van der Waals surface area contributed by atoms with Gasteiger partial charge in [0.2, 0.25) is 0 Å². The lowest BCUT2D eigenvalue weighted by Gasteiger charge is -2.26. The SMILES string of the molecule is CC1CCCC(NC(C)C2(C)CC2)CC1. The highest BCUT2D eigenvalue weighted by Gasteiger charge is 2.42. The second-order valence-electron chi connectivity index (χ2n) is 6.35. The molecule has 2 aliphatic carbocycles. The summed E-state index contributed by atoms with van der Waals surface area (Å²) in [6, 6.07) is 1.54. The molecule has 1 nitrogen and oxygen atoms in total. The highest BCUT2D eigenvalue weighted by atomic mass is 15.0. The Balaban J connectivity index is 1.78. The molecule has 0 heterocycles. The Morgan fingerprint density at radius 3 is 2.53 bits per heavy atom. The first kappa shape index (κ1) is 11.4. The molecule has 1 N–H and O–H groups in total. The summed E-state index contributed by atoms with van der Waals surface area (Å²) >= 11 is 0. The smallest absolute Gasteiger partial charge is 0.00951 e. The van der Waals surface area contributed by atoms with Crippen LogP contribution in [-0.2, 0) is 0 Å². The fourth-order valence-electron chi connectivity index (χ4n) is 2.84. The van der Waals surface area contributed by atoms with Crippen molar-refractivity contribution in [3.63, 3.8) is 0 Å². The molecule has 88 valence electrons. The van der Waals surface area contributed by atoms with Crippen molar-refractivity contribution in [3.8, 4) is 0 Å². The molecular formula is C14H27N. The van der Waals surface area contributed by atoms with Gasteiger partial charge in [-0.3, -0.25) is 0 Å². The van der Waals surface area contributed by atoms with Crippen molar-refractivity contribution >= 4 is 0 Å². The van der Waals surface area contributed by atoms with E-state index in [-0.39, 0.29) is 0 Å². The largest absolute Gasteiger partial charge is 0.311 e. The molecule has 2 rings (SSSR count). The van der Waals surface area contributed by atoms with Gasteiger partial charge < -0.3 is 5.32 Å². The van der Waals surface area contributed by atoms with E-state index in [1.54, 1.807) is 0 Å². The Hall–Kier alpha value is -0.0400. The standard InChI is InChI=1S/C14H27N/c1-11-5-4-6-13(8-7-11)15-12(2)14(3)9-10-14/h11-13,15H,4-10H2,1-3H3. The monoisotopic (exact) mass is 209 g/mol. The van der Waals surface area contributed by atoms with Crippen LogP contribution in [0.5, 0.6) is 0 Å². The first-order chi connectivity index (χ1) is 7.10. The predicted octanol–water partition coefficient (Wildman–Crippen LogP) is 3.73. The van der Waals surface area contributed by atoms with E-state index in [9.17, 15) is 0 Å². The molecule has 1 heteroatoms. The zero-order valence-corrected chi connectivity index (χ0v) is 10.7. The van der Waals surface area contributed by atoms with Gasteiger partial charge in [-0.1, -0.05) is 26.7 Å². The van der Waals surface area contributed by atoms with Crippen molar-refractivity contribution in [1.82, 2.24) is 5.32 Å². The minimum Gasteiger partial charge on any atom is -0.311 e. The topological polar surface area (TPSA) is 12.0 Å². The van der Waals surface area contributed by atoms with Crippen LogP contribution in [-0.4, -0.2) is 12.1 Å². The Morgan fingerprint density at radius 2 is 1.87 bits per heavy atom. The first-order valence-corrected chi connectivity index (χ1v) is 6.86. The zero-order valence-electron chi connectivity index (χ0n) is 10.7. The van der Waals surface area contributed by atoms with Crippen molar-refractivity contribution in [2.24, 2.45) is 11.3 Å². The van der Waals surface area contributed by atoms with Gasteiger partial charge >= 0.3 is 0 Å². The Labute approximate surface area is 95.0 Å². The summed E-state index contributed by atoms with van der Waals surface area (Å²) in [5, 5.41) is 3.88. The summed E-state index contributed by atoms with van der Waals surface area (Å²) in [7, 11) is 0. The van der Waals surface area contributed by atoms with E-state index in [1.807, 2.05) is 0 Å². The van der Waals surface area contributed by atoms with Gasteiger partial charge in [-0.05, 0) is 50.4 Å². The van der Waals surface area contributed by atoms with E-state index in [4.69, 9.17) is 0 Å². The maximum atomic E-state index is 3.88. The Kier molecular flexibility index (Phi) is 3.39. The molecule has 0 aromatic carbocycles. The van der Waals surface area contributed by atoms with Crippen LogP contribution in [0.4, 0.5) is 0 Å².